The third-order valence-corrected chi connectivity index (χ3v) is 5.14. The van der Waals surface area contributed by atoms with Crippen molar-refractivity contribution in [3.63, 3.8) is 0 Å². The largest absolute Gasteiger partial charge is 0.481 e. The number of hydrogen-bond acceptors (Lipinski definition) is 9. The van der Waals surface area contributed by atoms with E-state index in [9.17, 15) is 30.0 Å². The number of aliphatic hydroxyl groups excluding tert-OH is 3. The van der Waals surface area contributed by atoms with E-state index in [4.69, 9.17) is 19.3 Å². The van der Waals surface area contributed by atoms with Crippen LogP contribution in [0.5, 0.6) is 0 Å². The molecule has 0 amide bonds. The molecule has 2 unspecified atom stereocenters. The number of carboxylic acid groups (broad SMARTS) is 1. The molecule has 1 aliphatic rings. The first-order chi connectivity index (χ1) is 14.7. The molecular formula is C22H36O10. The fraction of sp³-hybridized carbons (Fsp3) is 0.727. The zero-order chi connectivity index (χ0) is 24.7. The summed E-state index contributed by atoms with van der Waals surface area (Å²) >= 11 is 0. The molecule has 0 aliphatic carbocycles. The average Bonchev–Trinajstić information content (AvgIpc) is 2.65. The molecule has 184 valence electrons. The minimum atomic E-state index is -1.81. The Morgan fingerprint density at radius 3 is 2.25 bits per heavy atom. The van der Waals surface area contributed by atoms with E-state index in [2.05, 4.69) is 6.58 Å². The zero-order valence-corrected chi connectivity index (χ0v) is 19.1. The summed E-state index contributed by atoms with van der Waals surface area (Å²) in [6.07, 6.45) is -3.79. The molecule has 1 fully saturated rings. The van der Waals surface area contributed by atoms with E-state index in [1.165, 1.54) is 6.92 Å². The minimum Gasteiger partial charge on any atom is -0.481 e. The predicted octanol–water partition coefficient (Wildman–Crippen LogP) is 0.661. The summed E-state index contributed by atoms with van der Waals surface area (Å²) in [5.41, 5.74) is -1.59. The Morgan fingerprint density at radius 2 is 1.72 bits per heavy atom. The molecule has 0 bridgehead atoms. The van der Waals surface area contributed by atoms with E-state index in [1.54, 1.807) is 13.0 Å². The van der Waals surface area contributed by atoms with Gasteiger partial charge in [0.25, 0.3) is 0 Å². The number of allylic oxidation sites excluding steroid dienone is 2. The summed E-state index contributed by atoms with van der Waals surface area (Å²) in [6.45, 7) is 10.1. The van der Waals surface area contributed by atoms with E-state index in [0.717, 1.165) is 5.57 Å². The maximum atomic E-state index is 12.0. The van der Waals surface area contributed by atoms with Gasteiger partial charge in [0.1, 0.15) is 31.0 Å². The van der Waals surface area contributed by atoms with Crippen LogP contribution in [-0.2, 0) is 23.8 Å². The average molecular weight is 461 g/mol. The first-order valence-corrected chi connectivity index (χ1v) is 10.4. The summed E-state index contributed by atoms with van der Waals surface area (Å²) in [7, 11) is 0. The summed E-state index contributed by atoms with van der Waals surface area (Å²) in [6, 6.07) is 0. The minimum absolute atomic E-state index is 0.505. The Balaban J connectivity index is 2.77. The SMILES string of the molecule is C=CC(C)(CCC=C(C)C)O[C@@H]1O[C@H](COC(=O)CC(C)(O)CC(=O)O)[C@@H](O)[C@H](O)[C@H]1O. The molecule has 0 aromatic heterocycles. The van der Waals surface area contributed by atoms with Crippen LogP contribution in [0.4, 0.5) is 0 Å². The Morgan fingerprint density at radius 1 is 1.09 bits per heavy atom. The number of aliphatic hydroxyl groups is 4. The fourth-order valence-electron chi connectivity index (χ4n) is 3.20. The molecule has 0 aromatic carbocycles. The Kier molecular flexibility index (Phi) is 10.5. The normalized spacial score (nSPS) is 29.3. The number of esters is 1. The molecule has 10 heteroatoms. The van der Waals surface area contributed by atoms with Crippen molar-refractivity contribution in [3.05, 3.63) is 24.3 Å². The van der Waals surface area contributed by atoms with Crippen molar-refractivity contribution in [1.29, 1.82) is 0 Å². The van der Waals surface area contributed by atoms with Gasteiger partial charge >= 0.3 is 11.9 Å². The second-order valence-electron chi connectivity index (χ2n) is 8.90. The maximum Gasteiger partial charge on any atom is 0.308 e. The summed E-state index contributed by atoms with van der Waals surface area (Å²) in [4.78, 5) is 22.7. The highest BCUT2D eigenvalue weighted by Crippen LogP contribution is 2.29. The molecule has 1 rings (SSSR count). The van der Waals surface area contributed by atoms with Gasteiger partial charge in [0.2, 0.25) is 0 Å². The zero-order valence-electron chi connectivity index (χ0n) is 19.1. The number of aliphatic carboxylic acids is 1. The van der Waals surface area contributed by atoms with Crippen LogP contribution in [0, 0.1) is 0 Å². The monoisotopic (exact) mass is 460 g/mol. The van der Waals surface area contributed by atoms with Crippen LogP contribution in [0.1, 0.15) is 53.4 Å². The van der Waals surface area contributed by atoms with Crippen molar-refractivity contribution in [2.75, 3.05) is 6.61 Å². The van der Waals surface area contributed by atoms with E-state index in [-0.39, 0.29) is 0 Å². The van der Waals surface area contributed by atoms with Crippen molar-refractivity contribution in [1.82, 2.24) is 0 Å². The maximum absolute atomic E-state index is 12.0. The lowest BCUT2D eigenvalue weighted by Gasteiger charge is -2.43. The predicted molar refractivity (Wildman–Crippen MR) is 113 cm³/mol. The lowest BCUT2D eigenvalue weighted by atomic mass is 9.96. The number of ether oxygens (including phenoxy) is 3. The molecule has 7 atom stereocenters. The van der Waals surface area contributed by atoms with Gasteiger partial charge in [0.05, 0.1) is 24.0 Å². The number of carboxylic acids is 1. The number of rotatable bonds is 12. The highest BCUT2D eigenvalue weighted by Gasteiger charge is 2.46. The molecular weight excluding hydrogens is 424 g/mol. The molecule has 0 radical (unpaired) electrons. The van der Waals surface area contributed by atoms with Crippen molar-refractivity contribution < 1.29 is 49.3 Å². The van der Waals surface area contributed by atoms with Crippen LogP contribution in [0.25, 0.3) is 0 Å². The van der Waals surface area contributed by atoms with Crippen LogP contribution in [-0.4, -0.2) is 86.0 Å². The van der Waals surface area contributed by atoms with Gasteiger partial charge in [-0.15, -0.1) is 6.58 Å². The van der Waals surface area contributed by atoms with E-state index >= 15 is 0 Å². The third kappa shape index (κ3) is 8.97. The molecule has 1 heterocycles. The number of carbonyl (C=O) groups is 2. The van der Waals surface area contributed by atoms with Gasteiger partial charge in [-0.2, -0.15) is 0 Å². The quantitative estimate of drug-likeness (QED) is 0.206. The molecule has 32 heavy (non-hydrogen) atoms. The first-order valence-electron chi connectivity index (χ1n) is 10.4. The molecule has 1 saturated heterocycles. The summed E-state index contributed by atoms with van der Waals surface area (Å²) in [5, 5.41) is 49.5. The van der Waals surface area contributed by atoms with Crippen molar-refractivity contribution in [2.24, 2.45) is 0 Å². The Hall–Kier alpha value is -1.82. The van der Waals surface area contributed by atoms with Crippen LogP contribution < -0.4 is 0 Å². The second kappa shape index (κ2) is 11.9. The van der Waals surface area contributed by atoms with E-state index in [0.29, 0.717) is 12.8 Å². The van der Waals surface area contributed by atoms with E-state index < -0.39 is 73.3 Å². The molecule has 1 aliphatic heterocycles. The smallest absolute Gasteiger partial charge is 0.308 e. The van der Waals surface area contributed by atoms with E-state index in [1.807, 2.05) is 19.9 Å². The van der Waals surface area contributed by atoms with Crippen molar-refractivity contribution >= 4 is 11.9 Å². The lowest BCUT2D eigenvalue weighted by molar-refractivity contribution is -0.320. The highest BCUT2D eigenvalue weighted by molar-refractivity contribution is 5.73. The van der Waals surface area contributed by atoms with Crippen LogP contribution in [0.3, 0.4) is 0 Å². The fourth-order valence-corrected chi connectivity index (χ4v) is 3.20. The Labute approximate surface area is 188 Å². The number of carbonyl (C=O) groups excluding carboxylic acids is 1. The van der Waals surface area contributed by atoms with Crippen LogP contribution in [0.2, 0.25) is 0 Å². The summed E-state index contributed by atoms with van der Waals surface area (Å²) in [5.74, 6) is -2.19. The summed E-state index contributed by atoms with van der Waals surface area (Å²) < 4.78 is 16.4. The third-order valence-electron chi connectivity index (χ3n) is 5.14. The number of hydrogen-bond donors (Lipinski definition) is 5. The van der Waals surface area contributed by atoms with Crippen molar-refractivity contribution in [2.45, 2.75) is 95.3 Å². The standard InChI is InChI=1S/C22H36O10/c1-6-22(5,9-7-8-13(2)3)32-20-19(28)18(27)17(26)14(31-20)12-30-16(25)11-21(4,29)10-15(23)24/h6,8,14,17-20,26-29H,1,7,9-12H2,2-5H3,(H,23,24)/t14-,17-,18+,19-,20+,21?,22?/m1/s1. The molecule has 0 saturated carbocycles. The van der Waals surface area contributed by atoms with Gasteiger partial charge in [0.15, 0.2) is 6.29 Å². The van der Waals surface area contributed by atoms with Gasteiger partial charge in [-0.3, -0.25) is 9.59 Å². The molecule has 0 aromatic rings. The first kappa shape index (κ1) is 28.2. The molecule has 10 nitrogen and oxygen atoms in total. The van der Waals surface area contributed by atoms with Gasteiger partial charge in [0, 0.05) is 0 Å². The van der Waals surface area contributed by atoms with Gasteiger partial charge in [-0.05, 0) is 40.5 Å². The van der Waals surface area contributed by atoms with Gasteiger partial charge in [-0.1, -0.05) is 17.7 Å². The van der Waals surface area contributed by atoms with Crippen molar-refractivity contribution in [3.8, 4) is 0 Å². The second-order valence-corrected chi connectivity index (χ2v) is 8.90. The Bertz CT molecular complexity index is 684. The molecule has 0 spiro atoms. The lowest BCUT2D eigenvalue weighted by Crippen LogP contribution is -2.60. The van der Waals surface area contributed by atoms with Gasteiger partial charge < -0.3 is 39.7 Å². The molecule has 5 N–H and O–H groups in total. The van der Waals surface area contributed by atoms with Crippen LogP contribution in [0.15, 0.2) is 24.3 Å². The topological polar surface area (TPSA) is 163 Å². The highest BCUT2D eigenvalue weighted by atomic mass is 16.7. The van der Waals surface area contributed by atoms with Crippen LogP contribution >= 0.6 is 0 Å². The van der Waals surface area contributed by atoms with Gasteiger partial charge in [-0.25, -0.2) is 0 Å².